The summed E-state index contributed by atoms with van der Waals surface area (Å²) in [7, 11) is 0. The van der Waals surface area contributed by atoms with E-state index < -0.39 is 0 Å². The van der Waals surface area contributed by atoms with E-state index in [9.17, 15) is 4.79 Å². The van der Waals surface area contributed by atoms with Gasteiger partial charge in [0, 0.05) is 43.8 Å². The number of halogens is 1. The predicted octanol–water partition coefficient (Wildman–Crippen LogP) is 1.55. The number of hydrogen-bond donors (Lipinski definition) is 1. The largest absolute Gasteiger partial charge is 0.368 e. The average Bonchev–Trinajstić information content (AvgIpc) is 2.56. The molecule has 0 saturated carbocycles. The predicted molar refractivity (Wildman–Crippen MR) is 88.7 cm³/mol. The van der Waals surface area contributed by atoms with Crippen LogP contribution in [0.4, 0.5) is 5.69 Å². The number of nitrogens with one attached hydrogen (secondary N) is 1. The molecule has 5 nitrogen and oxygen atoms in total. The number of anilines is 1. The zero-order chi connectivity index (χ0) is 15.4. The lowest BCUT2D eigenvalue weighted by atomic mass is 10.1. The lowest BCUT2D eigenvalue weighted by Crippen LogP contribution is -2.44. The molecular weight excluding hydrogens is 300 g/mol. The molecule has 116 valence electrons. The molecule has 1 saturated heterocycles. The van der Waals surface area contributed by atoms with Crippen LogP contribution in [0.25, 0.3) is 0 Å². The van der Waals surface area contributed by atoms with Gasteiger partial charge in [0.15, 0.2) is 0 Å². The van der Waals surface area contributed by atoms with Crippen LogP contribution in [0.1, 0.15) is 5.56 Å². The van der Waals surface area contributed by atoms with Crippen molar-refractivity contribution in [2.24, 2.45) is 0 Å². The second-order valence-corrected chi connectivity index (χ2v) is 5.83. The molecular formula is C16H19ClN4O. The van der Waals surface area contributed by atoms with Crippen molar-refractivity contribution in [2.45, 2.75) is 13.0 Å². The fourth-order valence-electron chi connectivity index (χ4n) is 2.57. The second-order valence-electron chi connectivity index (χ2n) is 5.39. The summed E-state index contributed by atoms with van der Waals surface area (Å²) in [4.78, 5) is 14.4. The standard InChI is InChI=1S/C16H19ClN4O/c17-14-3-1-13(2-4-14)5-8-21-16(22)11-15(12-19-21)20-9-6-18-7-10-20/h1-4,11-12,18H,5-10H2. The highest BCUT2D eigenvalue weighted by atomic mass is 35.5. The van der Waals surface area contributed by atoms with Gasteiger partial charge >= 0.3 is 0 Å². The number of piperazine rings is 1. The van der Waals surface area contributed by atoms with E-state index in [1.165, 1.54) is 4.68 Å². The first-order valence-corrected chi connectivity index (χ1v) is 7.87. The van der Waals surface area contributed by atoms with Crippen molar-refractivity contribution in [3.8, 4) is 0 Å². The summed E-state index contributed by atoms with van der Waals surface area (Å²) in [5.74, 6) is 0. The van der Waals surface area contributed by atoms with Crippen molar-refractivity contribution < 1.29 is 0 Å². The monoisotopic (exact) mass is 318 g/mol. The van der Waals surface area contributed by atoms with Crippen molar-refractivity contribution in [1.82, 2.24) is 15.1 Å². The van der Waals surface area contributed by atoms with Gasteiger partial charge in [0.2, 0.25) is 0 Å². The Morgan fingerprint density at radius 1 is 1.18 bits per heavy atom. The molecule has 0 spiro atoms. The van der Waals surface area contributed by atoms with Crippen LogP contribution in [0.5, 0.6) is 0 Å². The van der Waals surface area contributed by atoms with E-state index in [0.29, 0.717) is 6.54 Å². The molecule has 22 heavy (non-hydrogen) atoms. The molecule has 0 aliphatic carbocycles. The number of benzene rings is 1. The van der Waals surface area contributed by atoms with Gasteiger partial charge in [-0.3, -0.25) is 4.79 Å². The normalized spacial score (nSPS) is 15.0. The van der Waals surface area contributed by atoms with Crippen molar-refractivity contribution in [3.63, 3.8) is 0 Å². The third-order valence-corrected chi connectivity index (χ3v) is 4.11. The summed E-state index contributed by atoms with van der Waals surface area (Å²) >= 11 is 5.87. The summed E-state index contributed by atoms with van der Waals surface area (Å²) in [5, 5.41) is 8.32. The number of hydrogen-bond acceptors (Lipinski definition) is 4. The lowest BCUT2D eigenvalue weighted by Gasteiger charge is -2.28. The molecule has 0 amide bonds. The summed E-state index contributed by atoms with van der Waals surface area (Å²) in [6.45, 7) is 4.29. The zero-order valence-electron chi connectivity index (χ0n) is 12.3. The van der Waals surface area contributed by atoms with Crippen LogP contribution in [-0.2, 0) is 13.0 Å². The molecule has 1 N–H and O–H groups in total. The minimum Gasteiger partial charge on any atom is -0.368 e. The molecule has 3 rings (SSSR count). The highest BCUT2D eigenvalue weighted by Gasteiger charge is 2.11. The van der Waals surface area contributed by atoms with Gasteiger partial charge in [0.05, 0.1) is 11.9 Å². The first kappa shape index (κ1) is 15.1. The zero-order valence-corrected chi connectivity index (χ0v) is 13.1. The third kappa shape index (κ3) is 3.67. The quantitative estimate of drug-likeness (QED) is 0.929. The molecule has 1 aliphatic rings. The summed E-state index contributed by atoms with van der Waals surface area (Å²) in [6.07, 6.45) is 2.55. The summed E-state index contributed by atoms with van der Waals surface area (Å²) in [5.41, 5.74) is 2.00. The van der Waals surface area contributed by atoms with Crippen LogP contribution < -0.4 is 15.8 Å². The molecule has 2 aromatic rings. The van der Waals surface area contributed by atoms with Crippen LogP contribution in [-0.4, -0.2) is 36.0 Å². The maximum Gasteiger partial charge on any atom is 0.268 e. The van der Waals surface area contributed by atoms with Gasteiger partial charge in [0.25, 0.3) is 5.56 Å². The highest BCUT2D eigenvalue weighted by Crippen LogP contribution is 2.11. The Bertz CT molecular complexity index is 677. The Morgan fingerprint density at radius 2 is 1.91 bits per heavy atom. The van der Waals surface area contributed by atoms with Crippen molar-refractivity contribution in [3.05, 3.63) is 57.5 Å². The minimum absolute atomic E-state index is 0.0509. The van der Waals surface area contributed by atoms with Gasteiger partial charge in [-0.2, -0.15) is 5.10 Å². The molecule has 1 aromatic heterocycles. The molecule has 0 radical (unpaired) electrons. The van der Waals surface area contributed by atoms with Crippen molar-refractivity contribution in [1.29, 1.82) is 0 Å². The van der Waals surface area contributed by atoms with E-state index in [1.807, 2.05) is 24.3 Å². The number of aromatic nitrogens is 2. The van der Waals surface area contributed by atoms with Crippen LogP contribution in [0.2, 0.25) is 5.02 Å². The maximum absolute atomic E-state index is 12.2. The number of rotatable bonds is 4. The Kier molecular flexibility index (Phi) is 4.75. The van der Waals surface area contributed by atoms with Gasteiger partial charge in [0.1, 0.15) is 0 Å². The topological polar surface area (TPSA) is 50.2 Å². The van der Waals surface area contributed by atoms with E-state index in [2.05, 4.69) is 15.3 Å². The van der Waals surface area contributed by atoms with E-state index in [-0.39, 0.29) is 5.56 Å². The molecule has 1 aliphatic heterocycles. The van der Waals surface area contributed by atoms with Gasteiger partial charge in [-0.05, 0) is 24.1 Å². The Morgan fingerprint density at radius 3 is 2.59 bits per heavy atom. The van der Waals surface area contributed by atoms with E-state index in [0.717, 1.165) is 48.9 Å². The summed E-state index contributed by atoms with van der Waals surface area (Å²) < 4.78 is 1.51. The van der Waals surface area contributed by atoms with Gasteiger partial charge in [-0.1, -0.05) is 23.7 Å². The number of aryl methyl sites for hydroxylation is 2. The fourth-order valence-corrected chi connectivity index (χ4v) is 2.70. The van der Waals surface area contributed by atoms with Crippen molar-refractivity contribution >= 4 is 17.3 Å². The third-order valence-electron chi connectivity index (χ3n) is 3.86. The number of nitrogens with zero attached hydrogens (tertiary/aromatic N) is 3. The van der Waals surface area contributed by atoms with Crippen LogP contribution in [0.15, 0.2) is 41.3 Å². The smallest absolute Gasteiger partial charge is 0.268 e. The van der Waals surface area contributed by atoms with Crippen LogP contribution >= 0.6 is 11.6 Å². The van der Waals surface area contributed by atoms with Crippen LogP contribution in [0.3, 0.4) is 0 Å². The van der Waals surface area contributed by atoms with E-state index in [1.54, 1.807) is 12.3 Å². The SMILES string of the molecule is O=c1cc(N2CCNCC2)cnn1CCc1ccc(Cl)cc1. The maximum atomic E-state index is 12.2. The first-order chi connectivity index (χ1) is 10.7. The minimum atomic E-state index is -0.0509. The molecule has 6 heteroatoms. The van der Waals surface area contributed by atoms with Crippen molar-refractivity contribution in [2.75, 3.05) is 31.1 Å². The van der Waals surface area contributed by atoms with Gasteiger partial charge < -0.3 is 10.2 Å². The second kappa shape index (κ2) is 6.94. The highest BCUT2D eigenvalue weighted by molar-refractivity contribution is 6.30. The van der Waals surface area contributed by atoms with E-state index >= 15 is 0 Å². The molecule has 1 fully saturated rings. The molecule has 1 aromatic carbocycles. The molecule has 0 atom stereocenters. The first-order valence-electron chi connectivity index (χ1n) is 7.50. The molecule has 0 unspecified atom stereocenters. The Balaban J connectivity index is 1.67. The fraction of sp³-hybridized carbons (Fsp3) is 0.375. The van der Waals surface area contributed by atoms with Gasteiger partial charge in [-0.15, -0.1) is 0 Å². The molecule has 0 bridgehead atoms. The average molecular weight is 319 g/mol. The van der Waals surface area contributed by atoms with Crippen LogP contribution in [0, 0.1) is 0 Å². The van der Waals surface area contributed by atoms with Gasteiger partial charge in [-0.25, -0.2) is 4.68 Å². The summed E-state index contributed by atoms with van der Waals surface area (Å²) in [6, 6.07) is 9.35. The molecule has 2 heterocycles. The lowest BCUT2D eigenvalue weighted by molar-refractivity contribution is 0.565. The van der Waals surface area contributed by atoms with E-state index in [4.69, 9.17) is 11.6 Å². The Labute approximate surface area is 134 Å². The Hall–Kier alpha value is -1.85.